The van der Waals surface area contributed by atoms with Crippen molar-refractivity contribution in [3.8, 4) is 0 Å². The largest absolute Gasteiger partial charge is 0.652 e. The molecule has 0 atom stereocenters. The molecule has 0 amide bonds. The smallest absolute Gasteiger partial charge is 0.183 e. The van der Waals surface area contributed by atoms with Crippen LogP contribution in [0.2, 0.25) is 0 Å². The maximum absolute atomic E-state index is 8.33. The third-order valence-corrected chi connectivity index (χ3v) is 0. The number of nitrogens with one attached hydrogen (secondary N) is 2. The topological polar surface area (TPSA) is 215 Å². The van der Waals surface area contributed by atoms with E-state index in [2.05, 4.69) is 22.9 Å². The molecular formula is C3H10N6O3-2. The Hall–Kier alpha value is -2.19. The summed E-state index contributed by atoms with van der Waals surface area (Å²) in [6.45, 7) is 0. The molecule has 0 aliphatic heterocycles. The molecule has 0 saturated heterocycles. The van der Waals surface area contributed by atoms with Gasteiger partial charge in [-0.25, -0.2) is 0 Å². The number of carbonyl (C=O) groups is 1. The molecule has 0 aliphatic rings. The molecule has 0 aromatic heterocycles. The first kappa shape index (κ1) is 16.4. The lowest BCUT2D eigenvalue weighted by atomic mass is 11.1. The van der Waals surface area contributed by atoms with Crippen LogP contribution in [0.5, 0.6) is 0 Å². The first-order valence-corrected chi connectivity index (χ1v) is 2.27. The Morgan fingerprint density at radius 1 is 0.917 bits per heavy atom. The Morgan fingerprint density at radius 2 is 0.917 bits per heavy atom. The van der Waals surface area contributed by atoms with Crippen molar-refractivity contribution in [3.05, 3.63) is 0 Å². The summed E-state index contributed by atoms with van der Waals surface area (Å²) >= 11 is 0. The summed E-state index contributed by atoms with van der Waals surface area (Å²) in [4.78, 5) is 8.33. The monoisotopic (exact) mass is 178 g/mol. The van der Waals surface area contributed by atoms with E-state index in [1.165, 1.54) is 0 Å². The van der Waals surface area contributed by atoms with Crippen LogP contribution in [-0.4, -0.2) is 18.1 Å². The molecule has 0 heterocycles. The molecule has 0 fully saturated rings. The van der Waals surface area contributed by atoms with Crippen LogP contribution in [0.25, 0.3) is 0 Å². The Morgan fingerprint density at radius 3 is 0.917 bits per heavy atom. The van der Waals surface area contributed by atoms with Crippen molar-refractivity contribution >= 4 is 18.1 Å². The fraction of sp³-hybridized carbons (Fsp3) is 0. The van der Waals surface area contributed by atoms with Crippen molar-refractivity contribution in [1.82, 2.24) is 0 Å². The van der Waals surface area contributed by atoms with E-state index in [0.29, 0.717) is 0 Å². The summed E-state index contributed by atoms with van der Waals surface area (Å²) < 4.78 is 0. The molecule has 0 spiro atoms. The fourth-order valence-corrected chi connectivity index (χ4v) is 0. The van der Waals surface area contributed by atoms with Gasteiger partial charge < -0.3 is 37.9 Å². The van der Waals surface area contributed by atoms with Gasteiger partial charge in [-0.05, 0) is 6.16 Å². The molecule has 12 heavy (non-hydrogen) atoms. The van der Waals surface area contributed by atoms with Gasteiger partial charge in [-0.2, -0.15) is 0 Å². The zero-order valence-electron chi connectivity index (χ0n) is 6.03. The van der Waals surface area contributed by atoms with Gasteiger partial charge in [-0.1, -0.05) is 0 Å². The molecule has 0 aromatic rings. The van der Waals surface area contributed by atoms with Crippen LogP contribution in [0, 0.1) is 10.8 Å². The van der Waals surface area contributed by atoms with Crippen LogP contribution in [0.15, 0.2) is 0 Å². The van der Waals surface area contributed by atoms with Crippen molar-refractivity contribution in [2.45, 2.75) is 0 Å². The summed E-state index contributed by atoms with van der Waals surface area (Å²) in [6, 6.07) is 0. The second kappa shape index (κ2) is 11.6. The van der Waals surface area contributed by atoms with Gasteiger partial charge in [-0.15, -0.1) is 0 Å². The van der Waals surface area contributed by atoms with Crippen molar-refractivity contribution in [3.63, 3.8) is 0 Å². The number of rotatable bonds is 0. The predicted molar refractivity (Wildman–Crippen MR) is 37.6 cm³/mol. The SMILES string of the molecule is N=C(N)N.N=C(N)N.O=C([O-])[O-]. The standard InChI is InChI=1S/2CH5N3.CH2O3/c3*2-1(3)4/h2*(H5,2,3,4);(H2,2,3,4)/p-2. The van der Waals surface area contributed by atoms with Crippen molar-refractivity contribution in [2.24, 2.45) is 22.9 Å². The lowest BCUT2D eigenvalue weighted by Gasteiger charge is -1.96. The van der Waals surface area contributed by atoms with Gasteiger partial charge in [0.1, 0.15) is 0 Å². The molecule has 9 heteroatoms. The highest BCUT2D eigenvalue weighted by Gasteiger charge is 1.52. The van der Waals surface area contributed by atoms with E-state index >= 15 is 0 Å². The zero-order valence-corrected chi connectivity index (χ0v) is 6.03. The molecule has 0 unspecified atom stereocenters. The van der Waals surface area contributed by atoms with E-state index in [4.69, 9.17) is 25.8 Å². The van der Waals surface area contributed by atoms with Crippen LogP contribution in [0.3, 0.4) is 0 Å². The molecule has 0 radical (unpaired) electrons. The Balaban J connectivity index is -0.000000101. The quantitative estimate of drug-likeness (QED) is 0.157. The Kier molecular flexibility index (Phi) is 15.9. The molecule has 0 aromatic carbocycles. The summed E-state index contributed by atoms with van der Waals surface area (Å²) in [7, 11) is 0. The molecule has 0 aliphatic carbocycles. The zero-order chi connectivity index (χ0) is 10.7. The number of hydrogen-bond donors (Lipinski definition) is 6. The van der Waals surface area contributed by atoms with Crippen molar-refractivity contribution in [1.29, 1.82) is 10.8 Å². The first-order chi connectivity index (χ1) is 5.20. The van der Waals surface area contributed by atoms with Crippen LogP contribution in [0.4, 0.5) is 4.79 Å². The normalized spacial score (nSPS) is 6.00. The summed E-state index contributed by atoms with van der Waals surface area (Å²) in [5, 5.41) is 28.8. The van der Waals surface area contributed by atoms with Gasteiger partial charge in [0.2, 0.25) is 0 Å². The highest BCUT2D eigenvalue weighted by molar-refractivity contribution is 5.72. The van der Waals surface area contributed by atoms with Gasteiger partial charge in [-0.3, -0.25) is 10.8 Å². The highest BCUT2D eigenvalue weighted by Crippen LogP contribution is 1.21. The van der Waals surface area contributed by atoms with Crippen molar-refractivity contribution < 1.29 is 15.0 Å². The van der Waals surface area contributed by atoms with Gasteiger partial charge in [0, 0.05) is 0 Å². The van der Waals surface area contributed by atoms with Crippen molar-refractivity contribution in [2.75, 3.05) is 0 Å². The number of carbonyl (C=O) groups excluding carboxylic acids is 1. The minimum absolute atomic E-state index is 0.333. The fourth-order valence-electron chi connectivity index (χ4n) is 0. The lowest BCUT2D eigenvalue weighted by molar-refractivity contribution is -0.415. The lowest BCUT2D eigenvalue weighted by Crippen LogP contribution is -2.37. The summed E-state index contributed by atoms with van der Waals surface area (Å²) in [6.07, 6.45) is -2.33. The number of nitrogens with two attached hydrogens (primary N) is 4. The molecule has 0 saturated carbocycles. The summed E-state index contributed by atoms with van der Waals surface area (Å²) in [5.41, 5.74) is 17.9. The van der Waals surface area contributed by atoms with Crippen LogP contribution < -0.4 is 33.1 Å². The van der Waals surface area contributed by atoms with Crippen LogP contribution >= 0.6 is 0 Å². The van der Waals surface area contributed by atoms with E-state index in [1.807, 2.05) is 0 Å². The number of hydrogen-bond acceptors (Lipinski definition) is 5. The second-order valence-corrected chi connectivity index (χ2v) is 1.16. The van der Waals surface area contributed by atoms with Gasteiger partial charge in [0.25, 0.3) is 0 Å². The highest BCUT2D eigenvalue weighted by atomic mass is 16.6. The molecule has 0 bridgehead atoms. The minimum atomic E-state index is -2.33. The minimum Gasteiger partial charge on any atom is -0.652 e. The second-order valence-electron chi connectivity index (χ2n) is 1.16. The van der Waals surface area contributed by atoms with Gasteiger partial charge >= 0.3 is 0 Å². The Bertz CT molecular complexity index is 116. The van der Waals surface area contributed by atoms with E-state index in [1.54, 1.807) is 0 Å². The van der Waals surface area contributed by atoms with Gasteiger partial charge in [0.05, 0.1) is 0 Å². The average Bonchev–Trinajstić information content (AvgIpc) is 1.54. The van der Waals surface area contributed by atoms with Gasteiger partial charge in [0.15, 0.2) is 11.9 Å². The predicted octanol–water partition coefficient (Wildman–Crippen LogP) is -4.77. The first-order valence-electron chi connectivity index (χ1n) is 2.27. The Labute approximate surface area is 68.0 Å². The van der Waals surface area contributed by atoms with E-state index in [0.717, 1.165) is 0 Å². The molecule has 0 rings (SSSR count). The average molecular weight is 178 g/mol. The maximum atomic E-state index is 8.33. The third-order valence-electron chi connectivity index (χ3n) is 0. The molecule has 10 N–H and O–H groups in total. The van der Waals surface area contributed by atoms with E-state index in [-0.39, 0.29) is 11.9 Å². The van der Waals surface area contributed by atoms with Crippen LogP contribution in [0.1, 0.15) is 0 Å². The molecule has 72 valence electrons. The number of carboxylic acid groups (broad SMARTS) is 2. The van der Waals surface area contributed by atoms with E-state index < -0.39 is 6.16 Å². The molecule has 9 nitrogen and oxygen atoms in total. The summed E-state index contributed by atoms with van der Waals surface area (Å²) in [5.74, 6) is -0.667. The van der Waals surface area contributed by atoms with Crippen LogP contribution in [-0.2, 0) is 0 Å². The number of guanidine groups is 2. The van der Waals surface area contributed by atoms with E-state index in [9.17, 15) is 0 Å². The molecular weight excluding hydrogens is 168 g/mol. The maximum Gasteiger partial charge on any atom is 0.183 e. The third kappa shape index (κ3) is 75.5.